The van der Waals surface area contributed by atoms with Crippen LogP contribution in [0.25, 0.3) is 0 Å². The van der Waals surface area contributed by atoms with Crippen LogP contribution in [0.5, 0.6) is 5.75 Å². The molecule has 2 aromatic carbocycles. The van der Waals surface area contributed by atoms with Gasteiger partial charge in [0.1, 0.15) is 11.6 Å². The lowest BCUT2D eigenvalue weighted by Crippen LogP contribution is -2.03. The minimum Gasteiger partial charge on any atom is -0.497 e. The molecule has 0 saturated heterocycles. The van der Waals surface area contributed by atoms with Gasteiger partial charge >= 0.3 is 0 Å². The molecule has 0 spiro atoms. The average Bonchev–Trinajstić information content (AvgIpc) is 2.46. The van der Waals surface area contributed by atoms with E-state index in [9.17, 15) is 4.39 Å². The molecule has 0 atom stereocenters. The van der Waals surface area contributed by atoms with Crippen molar-refractivity contribution in [1.29, 1.82) is 5.26 Å². The van der Waals surface area contributed by atoms with E-state index in [0.717, 1.165) is 15.9 Å². The Kier molecular flexibility index (Phi) is 4.59. The summed E-state index contributed by atoms with van der Waals surface area (Å²) in [5, 5.41) is 12.2. The van der Waals surface area contributed by atoms with Crippen LogP contribution in [-0.4, -0.2) is 7.11 Å². The molecule has 0 amide bonds. The van der Waals surface area contributed by atoms with Gasteiger partial charge in [0, 0.05) is 17.1 Å². The van der Waals surface area contributed by atoms with Crippen LogP contribution in [-0.2, 0) is 6.54 Å². The number of hydrogen-bond donors (Lipinski definition) is 1. The maximum atomic E-state index is 13.2. The Morgan fingerprint density at radius 1 is 1.30 bits per heavy atom. The topological polar surface area (TPSA) is 45.0 Å². The monoisotopic (exact) mass is 334 g/mol. The summed E-state index contributed by atoms with van der Waals surface area (Å²) in [4.78, 5) is 0. The number of benzene rings is 2. The van der Waals surface area contributed by atoms with Crippen molar-refractivity contribution in [2.75, 3.05) is 12.4 Å². The third-order valence-corrected chi connectivity index (χ3v) is 3.52. The van der Waals surface area contributed by atoms with Crippen LogP contribution in [0.2, 0.25) is 0 Å². The molecule has 0 aliphatic heterocycles. The Morgan fingerprint density at radius 2 is 2.10 bits per heavy atom. The molecule has 1 N–H and O–H groups in total. The van der Waals surface area contributed by atoms with Crippen molar-refractivity contribution >= 4 is 21.6 Å². The van der Waals surface area contributed by atoms with E-state index >= 15 is 0 Å². The summed E-state index contributed by atoms with van der Waals surface area (Å²) in [6.07, 6.45) is 0. The first-order valence-corrected chi connectivity index (χ1v) is 6.69. The van der Waals surface area contributed by atoms with Gasteiger partial charge in [0.25, 0.3) is 0 Å². The Hall–Kier alpha value is -2.06. The summed E-state index contributed by atoms with van der Waals surface area (Å²) in [5.74, 6) is 0.362. The number of nitrogens with one attached hydrogen (secondary N) is 1. The third-order valence-electron chi connectivity index (χ3n) is 2.83. The summed E-state index contributed by atoms with van der Waals surface area (Å²) in [6.45, 7) is 0.354. The average molecular weight is 335 g/mol. The van der Waals surface area contributed by atoms with Gasteiger partial charge in [-0.3, -0.25) is 0 Å². The SMILES string of the molecule is COc1ccc(Br)c(NCc2cc(F)ccc2C#N)c1. The number of methoxy groups -OCH3 is 1. The summed E-state index contributed by atoms with van der Waals surface area (Å²) in [6, 6.07) is 11.7. The Bertz CT molecular complexity index is 667. The van der Waals surface area contributed by atoms with Gasteiger partial charge in [0.05, 0.1) is 24.4 Å². The largest absolute Gasteiger partial charge is 0.497 e. The number of nitrogens with zero attached hydrogens (tertiary/aromatic N) is 1. The van der Waals surface area contributed by atoms with Gasteiger partial charge in [0.15, 0.2) is 0 Å². The normalized spacial score (nSPS) is 9.90. The van der Waals surface area contributed by atoms with Crippen molar-refractivity contribution in [1.82, 2.24) is 0 Å². The Labute approximate surface area is 125 Å². The molecule has 0 bridgehead atoms. The molecule has 0 aliphatic carbocycles. The lowest BCUT2D eigenvalue weighted by Gasteiger charge is -2.11. The van der Waals surface area contributed by atoms with Gasteiger partial charge in [-0.2, -0.15) is 5.26 Å². The molecule has 0 fully saturated rings. The number of ether oxygens (including phenoxy) is 1. The highest BCUT2D eigenvalue weighted by Gasteiger charge is 2.06. The molecule has 20 heavy (non-hydrogen) atoms. The quantitative estimate of drug-likeness (QED) is 0.916. The highest BCUT2D eigenvalue weighted by atomic mass is 79.9. The van der Waals surface area contributed by atoms with Crippen molar-refractivity contribution < 1.29 is 9.13 Å². The molecule has 5 heteroatoms. The van der Waals surface area contributed by atoms with Gasteiger partial charge in [-0.1, -0.05) is 0 Å². The first-order valence-electron chi connectivity index (χ1n) is 5.90. The van der Waals surface area contributed by atoms with E-state index in [4.69, 9.17) is 10.00 Å². The predicted octanol–water partition coefficient (Wildman–Crippen LogP) is 4.08. The first kappa shape index (κ1) is 14.4. The number of nitriles is 1. The highest BCUT2D eigenvalue weighted by Crippen LogP contribution is 2.27. The summed E-state index contributed by atoms with van der Waals surface area (Å²) < 4.78 is 19.3. The summed E-state index contributed by atoms with van der Waals surface area (Å²) in [5.41, 5.74) is 1.89. The fourth-order valence-corrected chi connectivity index (χ4v) is 2.16. The minimum atomic E-state index is -0.356. The Balaban J connectivity index is 2.21. The fraction of sp³-hybridized carbons (Fsp3) is 0.133. The van der Waals surface area contributed by atoms with Crippen LogP contribution in [0, 0.1) is 17.1 Å². The molecule has 102 valence electrons. The van der Waals surface area contributed by atoms with Crippen molar-refractivity contribution in [3.63, 3.8) is 0 Å². The lowest BCUT2D eigenvalue weighted by atomic mass is 10.1. The zero-order chi connectivity index (χ0) is 14.5. The smallest absolute Gasteiger partial charge is 0.123 e. The molecule has 0 saturated carbocycles. The standard InChI is InChI=1S/C15H12BrFN2O/c1-20-13-4-5-14(16)15(7-13)19-9-11-6-12(17)3-2-10(11)8-18/h2-7,19H,9H2,1H3. The molecule has 0 aliphatic rings. The van der Waals surface area contributed by atoms with Crippen LogP contribution in [0.15, 0.2) is 40.9 Å². The number of halogens is 2. The van der Waals surface area contributed by atoms with E-state index in [0.29, 0.717) is 17.7 Å². The van der Waals surface area contributed by atoms with Gasteiger partial charge in [-0.05, 0) is 51.8 Å². The molecule has 0 aromatic heterocycles. The van der Waals surface area contributed by atoms with E-state index < -0.39 is 0 Å². The van der Waals surface area contributed by atoms with E-state index in [1.54, 1.807) is 7.11 Å². The Morgan fingerprint density at radius 3 is 2.80 bits per heavy atom. The van der Waals surface area contributed by atoms with E-state index in [1.165, 1.54) is 18.2 Å². The second-order valence-corrected chi connectivity index (χ2v) is 4.97. The molecular weight excluding hydrogens is 323 g/mol. The predicted molar refractivity (Wildman–Crippen MR) is 79.1 cm³/mol. The van der Waals surface area contributed by atoms with Gasteiger partial charge < -0.3 is 10.1 Å². The highest BCUT2D eigenvalue weighted by molar-refractivity contribution is 9.10. The molecule has 0 radical (unpaired) electrons. The second-order valence-electron chi connectivity index (χ2n) is 4.11. The zero-order valence-corrected chi connectivity index (χ0v) is 12.4. The van der Waals surface area contributed by atoms with Crippen LogP contribution >= 0.6 is 15.9 Å². The van der Waals surface area contributed by atoms with E-state index in [-0.39, 0.29) is 5.82 Å². The maximum Gasteiger partial charge on any atom is 0.123 e. The van der Waals surface area contributed by atoms with Crippen LogP contribution in [0.1, 0.15) is 11.1 Å². The van der Waals surface area contributed by atoms with Gasteiger partial charge in [0.2, 0.25) is 0 Å². The van der Waals surface area contributed by atoms with Crippen LogP contribution in [0.3, 0.4) is 0 Å². The first-order chi connectivity index (χ1) is 9.63. The zero-order valence-electron chi connectivity index (χ0n) is 10.8. The van der Waals surface area contributed by atoms with Crippen molar-refractivity contribution in [3.05, 3.63) is 57.8 Å². The van der Waals surface area contributed by atoms with Crippen molar-refractivity contribution in [2.45, 2.75) is 6.54 Å². The number of rotatable bonds is 4. The molecule has 2 rings (SSSR count). The molecule has 0 unspecified atom stereocenters. The molecule has 3 nitrogen and oxygen atoms in total. The summed E-state index contributed by atoms with van der Waals surface area (Å²) >= 11 is 3.43. The van der Waals surface area contributed by atoms with Crippen LogP contribution in [0.4, 0.5) is 10.1 Å². The van der Waals surface area contributed by atoms with Crippen molar-refractivity contribution in [3.8, 4) is 11.8 Å². The second kappa shape index (κ2) is 6.40. The molecule has 0 heterocycles. The summed E-state index contributed by atoms with van der Waals surface area (Å²) in [7, 11) is 1.59. The fourth-order valence-electron chi connectivity index (χ4n) is 1.77. The van der Waals surface area contributed by atoms with Gasteiger partial charge in [-0.25, -0.2) is 4.39 Å². The van der Waals surface area contributed by atoms with E-state index in [2.05, 4.69) is 27.3 Å². The minimum absolute atomic E-state index is 0.354. The third kappa shape index (κ3) is 3.28. The number of anilines is 1. The molecule has 2 aromatic rings. The van der Waals surface area contributed by atoms with Crippen molar-refractivity contribution in [2.24, 2.45) is 0 Å². The van der Waals surface area contributed by atoms with Gasteiger partial charge in [-0.15, -0.1) is 0 Å². The number of hydrogen-bond acceptors (Lipinski definition) is 3. The molecular formula is C15H12BrFN2O. The maximum absolute atomic E-state index is 13.2. The van der Waals surface area contributed by atoms with Crippen LogP contribution < -0.4 is 10.1 Å². The lowest BCUT2D eigenvalue weighted by molar-refractivity contribution is 0.415. The van der Waals surface area contributed by atoms with E-state index in [1.807, 2.05) is 18.2 Å².